The number of nitrogens with zero attached hydrogens (tertiary/aromatic N) is 1. The number of carbonyl (C=O) groups excluding carboxylic acids is 2. The molecule has 30 heavy (non-hydrogen) atoms. The standard InChI is InChI=1S/C21H17Cl2FN4O2/c1-10-14(15(9-19(29)25-10)13-4-2-11(22)6-17(13)24)8-20(30)26-12-3-5-18-16(7-12)21(23)28-27-18/h2-7,15H,8-9H2,1H3,(H,25,29)(H,26,30)(H,27,28). The number of fused-ring (bicyclic) bond motifs is 1. The fourth-order valence-electron chi connectivity index (χ4n) is 3.68. The van der Waals surface area contributed by atoms with Crippen LogP contribution in [-0.4, -0.2) is 22.0 Å². The molecule has 154 valence electrons. The van der Waals surface area contributed by atoms with E-state index < -0.39 is 11.7 Å². The SMILES string of the molecule is CC1=C(CC(=O)Nc2ccc3n[nH]c(Cl)c3c2)C(c2ccc(Cl)cc2F)CC(=O)N1. The van der Waals surface area contributed by atoms with Crippen molar-refractivity contribution in [3.05, 3.63) is 69.2 Å². The van der Waals surface area contributed by atoms with Crippen molar-refractivity contribution in [2.75, 3.05) is 5.32 Å². The summed E-state index contributed by atoms with van der Waals surface area (Å²) in [5.41, 5.74) is 2.78. The van der Waals surface area contributed by atoms with Crippen LogP contribution in [0.15, 0.2) is 47.7 Å². The van der Waals surface area contributed by atoms with Gasteiger partial charge in [-0.2, -0.15) is 5.10 Å². The van der Waals surface area contributed by atoms with E-state index in [0.717, 1.165) is 0 Å². The number of anilines is 1. The van der Waals surface area contributed by atoms with Crippen molar-refractivity contribution >= 4 is 51.6 Å². The monoisotopic (exact) mass is 446 g/mol. The van der Waals surface area contributed by atoms with Gasteiger partial charge < -0.3 is 10.6 Å². The van der Waals surface area contributed by atoms with Gasteiger partial charge in [-0.05, 0) is 48.4 Å². The number of hydrogen-bond acceptors (Lipinski definition) is 3. The average molecular weight is 447 g/mol. The lowest BCUT2D eigenvalue weighted by atomic mass is 9.82. The van der Waals surface area contributed by atoms with Crippen LogP contribution in [-0.2, 0) is 9.59 Å². The highest BCUT2D eigenvalue weighted by atomic mass is 35.5. The Balaban J connectivity index is 1.59. The summed E-state index contributed by atoms with van der Waals surface area (Å²) in [5, 5.41) is 13.6. The molecule has 3 aromatic rings. The number of benzene rings is 2. The molecular formula is C21H17Cl2FN4O2. The summed E-state index contributed by atoms with van der Waals surface area (Å²) in [6.07, 6.45) is 0.0467. The van der Waals surface area contributed by atoms with Crippen molar-refractivity contribution in [3.8, 4) is 0 Å². The summed E-state index contributed by atoms with van der Waals surface area (Å²) < 4.78 is 14.5. The van der Waals surface area contributed by atoms with Crippen molar-refractivity contribution in [1.82, 2.24) is 15.5 Å². The summed E-state index contributed by atoms with van der Waals surface area (Å²) in [4.78, 5) is 24.8. The first-order valence-electron chi connectivity index (χ1n) is 9.19. The highest BCUT2D eigenvalue weighted by Gasteiger charge is 2.30. The molecule has 0 radical (unpaired) electrons. The van der Waals surface area contributed by atoms with Crippen LogP contribution in [0, 0.1) is 5.82 Å². The smallest absolute Gasteiger partial charge is 0.228 e. The minimum Gasteiger partial charge on any atom is -0.330 e. The van der Waals surface area contributed by atoms with Crippen LogP contribution in [0.1, 0.15) is 31.2 Å². The molecule has 6 nitrogen and oxygen atoms in total. The molecule has 1 aliphatic rings. The molecule has 0 saturated carbocycles. The Bertz CT molecular complexity index is 1200. The minimum atomic E-state index is -0.549. The second-order valence-corrected chi connectivity index (χ2v) is 7.93. The van der Waals surface area contributed by atoms with Gasteiger partial charge in [0.2, 0.25) is 11.8 Å². The summed E-state index contributed by atoms with van der Waals surface area (Å²) in [6, 6.07) is 9.52. The first-order chi connectivity index (χ1) is 14.3. The highest BCUT2D eigenvalue weighted by Crippen LogP contribution is 2.37. The molecular weight excluding hydrogens is 430 g/mol. The lowest BCUT2D eigenvalue weighted by Crippen LogP contribution is -2.32. The van der Waals surface area contributed by atoms with E-state index in [4.69, 9.17) is 23.2 Å². The number of halogens is 3. The van der Waals surface area contributed by atoms with Crippen LogP contribution in [0.5, 0.6) is 0 Å². The summed E-state index contributed by atoms with van der Waals surface area (Å²) >= 11 is 11.9. The van der Waals surface area contributed by atoms with Gasteiger partial charge in [0.15, 0.2) is 0 Å². The van der Waals surface area contributed by atoms with Gasteiger partial charge >= 0.3 is 0 Å². The molecule has 9 heteroatoms. The molecule has 3 N–H and O–H groups in total. The Morgan fingerprint density at radius 3 is 2.83 bits per heavy atom. The maximum atomic E-state index is 14.5. The fourth-order valence-corrected chi connectivity index (χ4v) is 4.04. The van der Waals surface area contributed by atoms with Crippen LogP contribution in [0.25, 0.3) is 10.9 Å². The predicted molar refractivity (Wildman–Crippen MR) is 114 cm³/mol. The van der Waals surface area contributed by atoms with Gasteiger partial charge in [0.1, 0.15) is 11.0 Å². The Labute approximate surface area is 181 Å². The molecule has 1 unspecified atom stereocenters. The number of aromatic amines is 1. The lowest BCUT2D eigenvalue weighted by Gasteiger charge is -2.28. The Morgan fingerprint density at radius 1 is 1.27 bits per heavy atom. The van der Waals surface area contributed by atoms with Crippen molar-refractivity contribution in [3.63, 3.8) is 0 Å². The van der Waals surface area contributed by atoms with E-state index in [9.17, 15) is 14.0 Å². The highest BCUT2D eigenvalue weighted by molar-refractivity contribution is 6.34. The van der Waals surface area contributed by atoms with Crippen molar-refractivity contribution < 1.29 is 14.0 Å². The Hall–Kier alpha value is -2.90. The van der Waals surface area contributed by atoms with Crippen molar-refractivity contribution in [2.45, 2.75) is 25.7 Å². The zero-order chi connectivity index (χ0) is 21.4. The fraction of sp³-hybridized carbons (Fsp3) is 0.190. The number of nitrogens with one attached hydrogen (secondary N) is 3. The van der Waals surface area contributed by atoms with Gasteiger partial charge in [0, 0.05) is 34.1 Å². The number of rotatable bonds is 4. The van der Waals surface area contributed by atoms with E-state index in [2.05, 4.69) is 20.8 Å². The number of aromatic nitrogens is 2. The van der Waals surface area contributed by atoms with Crippen molar-refractivity contribution in [1.29, 1.82) is 0 Å². The first kappa shape index (κ1) is 20.4. The van der Waals surface area contributed by atoms with Gasteiger partial charge in [-0.25, -0.2) is 4.39 Å². The summed E-state index contributed by atoms with van der Waals surface area (Å²) in [6.45, 7) is 1.71. The van der Waals surface area contributed by atoms with Crippen molar-refractivity contribution in [2.24, 2.45) is 0 Å². The first-order valence-corrected chi connectivity index (χ1v) is 9.95. The quantitative estimate of drug-likeness (QED) is 0.531. The molecule has 0 fully saturated rings. The summed E-state index contributed by atoms with van der Waals surface area (Å²) in [7, 11) is 0. The molecule has 4 rings (SSSR count). The molecule has 1 aliphatic heterocycles. The average Bonchev–Trinajstić information content (AvgIpc) is 3.04. The van der Waals surface area contributed by atoms with E-state index in [1.165, 1.54) is 6.07 Å². The molecule has 1 atom stereocenters. The third-order valence-corrected chi connectivity index (χ3v) is 5.62. The van der Waals surface area contributed by atoms with E-state index in [-0.39, 0.29) is 29.7 Å². The van der Waals surface area contributed by atoms with Crippen LogP contribution in [0.4, 0.5) is 10.1 Å². The molecule has 2 amide bonds. The minimum absolute atomic E-state index is 0.00397. The largest absolute Gasteiger partial charge is 0.330 e. The topological polar surface area (TPSA) is 86.9 Å². The number of carbonyl (C=O) groups is 2. The molecule has 0 aliphatic carbocycles. The third-order valence-electron chi connectivity index (χ3n) is 5.10. The molecule has 2 aromatic carbocycles. The van der Waals surface area contributed by atoms with E-state index in [1.807, 2.05) is 0 Å². The second-order valence-electron chi connectivity index (χ2n) is 7.12. The predicted octanol–water partition coefficient (Wildman–Crippen LogP) is 4.92. The van der Waals surface area contributed by atoms with Crippen LogP contribution < -0.4 is 10.6 Å². The van der Waals surface area contributed by atoms with E-state index in [1.54, 1.807) is 37.3 Å². The number of allylic oxidation sites excluding steroid dienone is 1. The number of hydrogen-bond donors (Lipinski definition) is 3. The maximum absolute atomic E-state index is 14.5. The normalized spacial score (nSPS) is 16.7. The van der Waals surface area contributed by atoms with Crippen LogP contribution >= 0.6 is 23.2 Å². The Kier molecular flexibility index (Phi) is 5.49. The molecule has 1 aromatic heterocycles. The van der Waals surface area contributed by atoms with Crippen LogP contribution in [0.3, 0.4) is 0 Å². The van der Waals surface area contributed by atoms with Crippen LogP contribution in [0.2, 0.25) is 10.2 Å². The zero-order valence-corrected chi connectivity index (χ0v) is 17.4. The molecule has 0 saturated heterocycles. The van der Waals surface area contributed by atoms with E-state index >= 15 is 0 Å². The molecule has 0 spiro atoms. The van der Waals surface area contributed by atoms with Gasteiger partial charge in [-0.15, -0.1) is 0 Å². The summed E-state index contributed by atoms with van der Waals surface area (Å²) in [5.74, 6) is -1.57. The number of amides is 2. The van der Waals surface area contributed by atoms with Gasteiger partial charge in [-0.1, -0.05) is 29.3 Å². The van der Waals surface area contributed by atoms with Gasteiger partial charge in [-0.3, -0.25) is 14.7 Å². The van der Waals surface area contributed by atoms with Gasteiger partial charge in [0.25, 0.3) is 0 Å². The zero-order valence-electron chi connectivity index (χ0n) is 15.9. The lowest BCUT2D eigenvalue weighted by molar-refractivity contribution is -0.121. The Morgan fingerprint density at radius 2 is 2.07 bits per heavy atom. The molecule has 2 heterocycles. The second kappa shape index (κ2) is 8.08. The molecule has 0 bridgehead atoms. The van der Waals surface area contributed by atoms with Gasteiger partial charge in [0.05, 0.1) is 11.9 Å². The van der Waals surface area contributed by atoms with E-state index in [0.29, 0.717) is 38.6 Å². The number of H-pyrrole nitrogens is 1. The third kappa shape index (κ3) is 4.04. The maximum Gasteiger partial charge on any atom is 0.228 e.